The normalized spacial score (nSPS) is 9.46. The van der Waals surface area contributed by atoms with Crippen LogP contribution in [0.25, 0.3) is 0 Å². The van der Waals surface area contributed by atoms with Crippen LogP contribution in [0.5, 0.6) is 0 Å². The molecule has 0 saturated carbocycles. The van der Waals surface area contributed by atoms with Gasteiger partial charge in [0.05, 0.1) is 6.54 Å². The number of carbonyl (C=O) groups excluding carboxylic acids is 2. The molecule has 2 N–H and O–H groups in total. The molecule has 5 heteroatoms. The minimum atomic E-state index is -0.0549. The van der Waals surface area contributed by atoms with Gasteiger partial charge in [-0.2, -0.15) is 0 Å². The fourth-order valence-electron chi connectivity index (χ4n) is 0.680. The summed E-state index contributed by atoms with van der Waals surface area (Å²) < 4.78 is 0. The van der Waals surface area contributed by atoms with Crippen molar-refractivity contribution in [2.75, 3.05) is 33.7 Å². The molecule has 0 radical (unpaired) electrons. The molecule has 0 spiro atoms. The SMILES string of the molecule is CC(=O)NCCNCC(=O)N(C)C. The molecule has 0 fully saturated rings. The van der Waals surface area contributed by atoms with E-state index in [9.17, 15) is 9.59 Å². The summed E-state index contributed by atoms with van der Waals surface area (Å²) in [4.78, 5) is 23.0. The predicted octanol–water partition coefficient (Wildman–Crippen LogP) is -1.20. The van der Waals surface area contributed by atoms with E-state index in [4.69, 9.17) is 0 Å². The molecule has 5 nitrogen and oxygen atoms in total. The van der Waals surface area contributed by atoms with Gasteiger partial charge in [0, 0.05) is 34.1 Å². The number of nitrogens with zero attached hydrogens (tertiary/aromatic N) is 1. The fraction of sp³-hybridized carbons (Fsp3) is 0.750. The number of hydrogen-bond acceptors (Lipinski definition) is 3. The third-order valence-electron chi connectivity index (χ3n) is 1.45. The minimum Gasteiger partial charge on any atom is -0.355 e. The van der Waals surface area contributed by atoms with E-state index in [1.165, 1.54) is 11.8 Å². The molecule has 0 bridgehead atoms. The highest BCUT2D eigenvalue weighted by Gasteiger charge is 2.01. The first-order chi connectivity index (χ1) is 6.04. The molecule has 0 aromatic carbocycles. The number of nitrogens with one attached hydrogen (secondary N) is 2. The van der Waals surface area contributed by atoms with Gasteiger partial charge >= 0.3 is 0 Å². The first-order valence-corrected chi connectivity index (χ1v) is 4.19. The van der Waals surface area contributed by atoms with Gasteiger partial charge in [0.2, 0.25) is 11.8 Å². The zero-order chi connectivity index (χ0) is 10.3. The van der Waals surface area contributed by atoms with Crippen molar-refractivity contribution in [3.05, 3.63) is 0 Å². The summed E-state index contributed by atoms with van der Waals surface area (Å²) in [5.41, 5.74) is 0. The zero-order valence-corrected chi connectivity index (χ0v) is 8.39. The van der Waals surface area contributed by atoms with Crippen LogP contribution in [0, 0.1) is 0 Å². The summed E-state index contributed by atoms with van der Waals surface area (Å²) in [6.07, 6.45) is 0. The standard InChI is InChI=1S/C8H17N3O2/c1-7(12)10-5-4-9-6-8(13)11(2)3/h9H,4-6H2,1-3H3,(H,10,12). The molecule has 0 aromatic rings. The molecule has 0 aliphatic rings. The number of rotatable bonds is 5. The van der Waals surface area contributed by atoms with Crippen LogP contribution in [0.3, 0.4) is 0 Å². The quantitative estimate of drug-likeness (QED) is 0.531. The fourth-order valence-corrected chi connectivity index (χ4v) is 0.680. The maximum absolute atomic E-state index is 11.0. The van der Waals surface area contributed by atoms with Gasteiger partial charge in [-0.1, -0.05) is 0 Å². The van der Waals surface area contributed by atoms with Crippen molar-refractivity contribution in [1.82, 2.24) is 15.5 Å². The summed E-state index contributed by atoms with van der Waals surface area (Å²) in [7, 11) is 3.41. The van der Waals surface area contributed by atoms with E-state index in [1.807, 2.05) is 0 Å². The van der Waals surface area contributed by atoms with Gasteiger partial charge in [-0.05, 0) is 0 Å². The third-order valence-corrected chi connectivity index (χ3v) is 1.45. The maximum atomic E-state index is 11.0. The molecule has 0 aliphatic carbocycles. The summed E-state index contributed by atoms with van der Waals surface area (Å²) in [5.74, 6) is -0.0245. The number of carbonyl (C=O) groups is 2. The Morgan fingerprint density at radius 1 is 1.23 bits per heavy atom. The second kappa shape index (κ2) is 6.42. The first-order valence-electron chi connectivity index (χ1n) is 4.19. The van der Waals surface area contributed by atoms with E-state index < -0.39 is 0 Å². The molecular formula is C8H17N3O2. The minimum absolute atomic E-state index is 0.0304. The molecule has 0 aromatic heterocycles. The van der Waals surface area contributed by atoms with Crippen molar-refractivity contribution in [2.45, 2.75) is 6.92 Å². The Labute approximate surface area is 78.5 Å². The first kappa shape index (κ1) is 11.9. The Kier molecular flexibility index (Phi) is 5.88. The molecule has 0 atom stereocenters. The van der Waals surface area contributed by atoms with Crippen LogP contribution >= 0.6 is 0 Å². The van der Waals surface area contributed by atoms with Crippen molar-refractivity contribution in [2.24, 2.45) is 0 Å². The van der Waals surface area contributed by atoms with E-state index >= 15 is 0 Å². The van der Waals surface area contributed by atoms with E-state index in [0.717, 1.165) is 0 Å². The van der Waals surface area contributed by atoms with Gasteiger partial charge in [-0.25, -0.2) is 0 Å². The molecule has 76 valence electrons. The maximum Gasteiger partial charge on any atom is 0.236 e. The van der Waals surface area contributed by atoms with E-state index in [0.29, 0.717) is 19.6 Å². The highest BCUT2D eigenvalue weighted by Crippen LogP contribution is 1.74. The van der Waals surface area contributed by atoms with Crippen LogP contribution in [0.4, 0.5) is 0 Å². The van der Waals surface area contributed by atoms with Gasteiger partial charge < -0.3 is 15.5 Å². The van der Waals surface area contributed by atoms with Crippen LogP contribution in [0.1, 0.15) is 6.92 Å². The van der Waals surface area contributed by atoms with Crippen LogP contribution < -0.4 is 10.6 Å². The van der Waals surface area contributed by atoms with Gasteiger partial charge in [0.1, 0.15) is 0 Å². The lowest BCUT2D eigenvalue weighted by Gasteiger charge is -2.10. The van der Waals surface area contributed by atoms with Crippen LogP contribution in [-0.4, -0.2) is 50.4 Å². The molecular weight excluding hydrogens is 170 g/mol. The van der Waals surface area contributed by atoms with Gasteiger partial charge in [0.25, 0.3) is 0 Å². The summed E-state index contributed by atoms with van der Waals surface area (Å²) in [6.45, 7) is 2.94. The highest BCUT2D eigenvalue weighted by molar-refractivity contribution is 5.77. The van der Waals surface area contributed by atoms with Crippen molar-refractivity contribution >= 4 is 11.8 Å². The molecule has 0 rings (SSSR count). The van der Waals surface area contributed by atoms with Gasteiger partial charge in [0.15, 0.2) is 0 Å². The molecule has 0 saturated heterocycles. The van der Waals surface area contributed by atoms with Crippen LogP contribution in [-0.2, 0) is 9.59 Å². The Morgan fingerprint density at radius 2 is 1.85 bits per heavy atom. The predicted molar refractivity (Wildman–Crippen MR) is 50.2 cm³/mol. The van der Waals surface area contributed by atoms with E-state index in [1.54, 1.807) is 14.1 Å². The second-order valence-corrected chi connectivity index (χ2v) is 2.95. The Balaban J connectivity index is 3.26. The summed E-state index contributed by atoms with van der Waals surface area (Å²) in [6, 6.07) is 0. The van der Waals surface area contributed by atoms with Crippen LogP contribution in [0.15, 0.2) is 0 Å². The van der Waals surface area contributed by atoms with Gasteiger partial charge in [-0.3, -0.25) is 9.59 Å². The van der Waals surface area contributed by atoms with E-state index in [-0.39, 0.29) is 11.8 Å². The monoisotopic (exact) mass is 187 g/mol. The average Bonchev–Trinajstić information content (AvgIpc) is 2.02. The van der Waals surface area contributed by atoms with Crippen molar-refractivity contribution in [3.63, 3.8) is 0 Å². The summed E-state index contributed by atoms with van der Waals surface area (Å²) >= 11 is 0. The highest BCUT2D eigenvalue weighted by atomic mass is 16.2. The largest absolute Gasteiger partial charge is 0.355 e. The Bertz CT molecular complexity index is 180. The van der Waals surface area contributed by atoms with Crippen molar-refractivity contribution in [3.8, 4) is 0 Å². The molecule has 13 heavy (non-hydrogen) atoms. The molecule has 0 aliphatic heterocycles. The number of likely N-dealkylation sites (N-methyl/N-ethyl adjacent to an activating group) is 1. The Hall–Kier alpha value is -1.10. The third kappa shape index (κ3) is 7.27. The lowest BCUT2D eigenvalue weighted by molar-refractivity contribution is -0.127. The average molecular weight is 187 g/mol. The summed E-state index contributed by atoms with van der Waals surface area (Å²) in [5, 5.41) is 5.54. The smallest absolute Gasteiger partial charge is 0.236 e. The lowest BCUT2D eigenvalue weighted by Crippen LogP contribution is -2.37. The Morgan fingerprint density at radius 3 is 2.31 bits per heavy atom. The van der Waals surface area contributed by atoms with Crippen molar-refractivity contribution < 1.29 is 9.59 Å². The second-order valence-electron chi connectivity index (χ2n) is 2.95. The van der Waals surface area contributed by atoms with Crippen molar-refractivity contribution in [1.29, 1.82) is 0 Å². The molecule has 0 heterocycles. The number of amides is 2. The lowest BCUT2D eigenvalue weighted by atomic mass is 10.5. The van der Waals surface area contributed by atoms with Crippen LogP contribution in [0.2, 0.25) is 0 Å². The molecule has 2 amide bonds. The number of hydrogen-bond donors (Lipinski definition) is 2. The topological polar surface area (TPSA) is 61.4 Å². The zero-order valence-electron chi connectivity index (χ0n) is 8.39. The van der Waals surface area contributed by atoms with E-state index in [2.05, 4.69) is 10.6 Å². The van der Waals surface area contributed by atoms with Gasteiger partial charge in [-0.15, -0.1) is 0 Å². The molecule has 0 unspecified atom stereocenters.